The maximum atomic E-state index is 5.07. The van der Waals surface area contributed by atoms with E-state index in [1.165, 1.54) is 99.4 Å². The number of hydrogen-bond acceptors (Lipinski definition) is 6. The Morgan fingerprint density at radius 1 is 0.209 bits per heavy atom. The van der Waals surface area contributed by atoms with Crippen LogP contribution in [0.5, 0.6) is 0 Å². The number of nitrogens with zero attached hydrogens (tertiary/aromatic N) is 6. The van der Waals surface area contributed by atoms with Crippen molar-refractivity contribution in [1.82, 2.24) is 29.9 Å². The first-order valence-electron chi connectivity index (χ1n) is 37.7. The molecule has 0 fully saturated rings. The molecule has 4 aromatic heterocycles. The quantitative estimate of drug-likeness (QED) is 0.121. The maximum absolute atomic E-state index is 5.07. The molecule has 110 heavy (non-hydrogen) atoms. The van der Waals surface area contributed by atoms with Crippen molar-refractivity contribution in [3.05, 3.63) is 399 Å². The highest BCUT2D eigenvalue weighted by Crippen LogP contribution is 2.56. The Kier molecular flexibility index (Phi) is 16.8. The van der Waals surface area contributed by atoms with Crippen LogP contribution in [0.15, 0.2) is 377 Å². The van der Waals surface area contributed by atoms with Gasteiger partial charge in [-0.3, -0.25) is 9.97 Å². The van der Waals surface area contributed by atoms with Crippen molar-refractivity contribution in [3.63, 3.8) is 0 Å². The molecule has 0 unspecified atom stereocenters. The lowest BCUT2D eigenvalue weighted by Gasteiger charge is -2.23. The van der Waals surface area contributed by atoms with Gasteiger partial charge in [0.15, 0.2) is 11.6 Å². The van der Waals surface area contributed by atoms with Gasteiger partial charge >= 0.3 is 0 Å². The van der Waals surface area contributed by atoms with Gasteiger partial charge in [-0.1, -0.05) is 355 Å². The van der Waals surface area contributed by atoms with Crippen molar-refractivity contribution in [1.29, 1.82) is 0 Å². The van der Waals surface area contributed by atoms with E-state index in [1.54, 1.807) is 12.4 Å². The van der Waals surface area contributed by atoms with E-state index < -0.39 is 0 Å². The smallest absolute Gasteiger partial charge is 0.160 e. The van der Waals surface area contributed by atoms with Crippen LogP contribution in [0.3, 0.4) is 0 Å². The van der Waals surface area contributed by atoms with Gasteiger partial charge in [0.05, 0.1) is 22.8 Å². The fraction of sp³-hybridized carbons (Fsp3) is 0.0577. The summed E-state index contributed by atoms with van der Waals surface area (Å²) in [6, 6.07) is 126. The number of hydrogen-bond donors (Lipinski definition) is 0. The Labute approximate surface area is 641 Å². The van der Waals surface area contributed by atoms with E-state index >= 15 is 0 Å². The molecule has 0 spiro atoms. The molecule has 0 N–H and O–H groups in total. The lowest BCUT2D eigenvalue weighted by molar-refractivity contribution is 0.661. The molecule has 14 aromatic carbocycles. The van der Waals surface area contributed by atoms with Crippen LogP contribution in [0.2, 0.25) is 0 Å². The molecule has 18 aromatic rings. The van der Waals surface area contributed by atoms with Crippen molar-refractivity contribution in [2.45, 2.75) is 38.5 Å². The second kappa shape index (κ2) is 27.8. The van der Waals surface area contributed by atoms with E-state index in [1.807, 2.05) is 60.9 Å². The summed E-state index contributed by atoms with van der Waals surface area (Å²) in [7, 11) is 0. The van der Waals surface area contributed by atoms with Crippen molar-refractivity contribution in [2.24, 2.45) is 0 Å². The zero-order chi connectivity index (χ0) is 73.9. The number of aromatic nitrogens is 6. The van der Waals surface area contributed by atoms with Crippen LogP contribution >= 0.6 is 0 Å². The molecule has 2 aliphatic carbocycles. The van der Waals surface area contributed by atoms with E-state index in [4.69, 9.17) is 19.9 Å². The zero-order valence-electron chi connectivity index (χ0n) is 61.5. The molecule has 0 bridgehead atoms. The van der Waals surface area contributed by atoms with Crippen LogP contribution in [0, 0.1) is 0 Å². The molecule has 4 heterocycles. The summed E-state index contributed by atoms with van der Waals surface area (Å²) in [5.41, 5.74) is 34.7. The molecule has 2 aliphatic rings. The Hall–Kier alpha value is -13.9. The first-order chi connectivity index (χ1) is 54.0. The minimum Gasteiger partial charge on any atom is -0.264 e. The standard InChI is InChI=1S/2C52H37N3/c1-52(2)46-16-8-15-43(49(46)45-30-29-37-10-6-7-14-44(37)50(45)52)38-23-17-34(18-24-38)35-19-25-39(26-20-35)47-32-48(55-51(54-47)41-11-4-3-5-12-41)40-27-21-36(22-28-40)42-13-9-31-53-33-42;1-52(2)45-16-8-15-44(49(45)50-43-14-7-6-10-37(43)29-30-46(50)52)38-23-17-34(18-24-38)35-19-25-39(26-20-35)47-32-48(55-51(54-47)41-11-4-3-5-12-41)40-27-21-36(22-28-40)42-13-9-31-53-33-42/h2*3-33H,1-2H3. The van der Waals surface area contributed by atoms with E-state index in [0.29, 0.717) is 11.6 Å². The third kappa shape index (κ3) is 12.2. The van der Waals surface area contributed by atoms with Crippen LogP contribution in [-0.4, -0.2) is 29.9 Å². The van der Waals surface area contributed by atoms with E-state index in [-0.39, 0.29) is 10.8 Å². The van der Waals surface area contributed by atoms with E-state index in [2.05, 4.69) is 341 Å². The van der Waals surface area contributed by atoms with Crippen molar-refractivity contribution in [2.75, 3.05) is 0 Å². The Morgan fingerprint density at radius 2 is 0.545 bits per heavy atom. The molecule has 0 amide bonds. The van der Waals surface area contributed by atoms with E-state index in [0.717, 1.165) is 89.5 Å². The first kappa shape index (κ1) is 66.7. The molecule has 20 rings (SSSR count). The summed E-state index contributed by atoms with van der Waals surface area (Å²) >= 11 is 0. The SMILES string of the molecule is CC1(C)c2cccc(-c3ccc(-c4ccc(-c5cc(-c6ccc(-c7cccnc7)cc6)nc(-c6ccccc6)n5)cc4)cc3)c2-c2c1ccc1ccccc21.CC1(C)c2cccc(-c3ccc(-c4ccc(-c5cc(-c6ccc(-c7cccnc7)cc6)nc(-c6ccccc6)n5)cc4)cc3)c2-c2ccc3ccccc3c21. The summed E-state index contributed by atoms with van der Waals surface area (Å²) < 4.78 is 0. The molecule has 0 radical (unpaired) electrons. The highest BCUT2D eigenvalue weighted by molar-refractivity contribution is 6.07. The molecule has 0 atom stereocenters. The number of pyridine rings is 2. The summed E-state index contributed by atoms with van der Waals surface area (Å²) in [5.74, 6) is 1.41. The summed E-state index contributed by atoms with van der Waals surface area (Å²) in [4.78, 5) is 28.8. The molecule has 0 saturated carbocycles. The topological polar surface area (TPSA) is 77.3 Å². The molecule has 6 nitrogen and oxygen atoms in total. The Balaban J connectivity index is 0.000000149. The van der Waals surface area contributed by atoms with Crippen LogP contribution in [0.1, 0.15) is 49.9 Å². The van der Waals surface area contributed by atoms with Gasteiger partial charge in [-0.25, -0.2) is 19.9 Å². The maximum Gasteiger partial charge on any atom is 0.160 e. The van der Waals surface area contributed by atoms with Gasteiger partial charge in [0.1, 0.15) is 0 Å². The van der Waals surface area contributed by atoms with Gasteiger partial charge < -0.3 is 0 Å². The number of rotatable bonds is 12. The van der Waals surface area contributed by atoms with Crippen molar-refractivity contribution in [3.8, 4) is 157 Å². The Bertz CT molecular complexity index is 6480. The predicted octanol–water partition coefficient (Wildman–Crippen LogP) is 26.7. The highest BCUT2D eigenvalue weighted by atomic mass is 14.9. The monoisotopic (exact) mass is 1410 g/mol. The predicted molar refractivity (Wildman–Crippen MR) is 455 cm³/mol. The molecule has 6 heteroatoms. The summed E-state index contributed by atoms with van der Waals surface area (Å²) in [6.45, 7) is 9.45. The van der Waals surface area contributed by atoms with Crippen LogP contribution < -0.4 is 0 Å². The van der Waals surface area contributed by atoms with Gasteiger partial charge in [-0.2, -0.15) is 0 Å². The third-order valence-corrected chi connectivity index (χ3v) is 22.4. The molecular weight excluding hydrogens is 1330 g/mol. The lowest BCUT2D eigenvalue weighted by atomic mass is 9.80. The highest BCUT2D eigenvalue weighted by Gasteiger charge is 2.40. The van der Waals surface area contributed by atoms with Crippen LogP contribution in [0.4, 0.5) is 0 Å². The fourth-order valence-electron chi connectivity index (χ4n) is 16.7. The van der Waals surface area contributed by atoms with Gasteiger partial charge in [0.2, 0.25) is 0 Å². The van der Waals surface area contributed by atoms with Gasteiger partial charge in [-0.15, -0.1) is 0 Å². The molecule has 0 aliphatic heterocycles. The zero-order valence-corrected chi connectivity index (χ0v) is 61.5. The molecular formula is C104H74N6. The minimum absolute atomic E-state index is 0.0659. The minimum atomic E-state index is -0.0829. The number of benzene rings is 14. The van der Waals surface area contributed by atoms with Crippen molar-refractivity contribution < 1.29 is 0 Å². The van der Waals surface area contributed by atoms with Gasteiger partial charge in [0.25, 0.3) is 0 Å². The summed E-state index contributed by atoms with van der Waals surface area (Å²) in [6.07, 6.45) is 7.37. The van der Waals surface area contributed by atoms with Crippen molar-refractivity contribution >= 4 is 21.5 Å². The van der Waals surface area contributed by atoms with Gasteiger partial charge in [-0.05, 0) is 157 Å². The average Bonchev–Trinajstić information content (AvgIpc) is 1.56. The van der Waals surface area contributed by atoms with Crippen LogP contribution in [0.25, 0.3) is 178 Å². The average molecular weight is 1410 g/mol. The molecule has 520 valence electrons. The van der Waals surface area contributed by atoms with Gasteiger partial charge in [0, 0.05) is 69.0 Å². The number of fused-ring (bicyclic) bond motifs is 10. The second-order valence-electron chi connectivity index (χ2n) is 29.7. The normalized spacial score (nSPS) is 12.7. The lowest BCUT2D eigenvalue weighted by Crippen LogP contribution is -2.15. The third-order valence-electron chi connectivity index (χ3n) is 22.4. The fourth-order valence-corrected chi connectivity index (χ4v) is 16.7. The first-order valence-corrected chi connectivity index (χ1v) is 37.7. The van der Waals surface area contributed by atoms with E-state index in [9.17, 15) is 0 Å². The Morgan fingerprint density at radius 3 is 0.973 bits per heavy atom. The molecule has 0 saturated heterocycles. The largest absolute Gasteiger partial charge is 0.264 e. The van der Waals surface area contributed by atoms with Crippen LogP contribution in [-0.2, 0) is 10.8 Å². The summed E-state index contributed by atoms with van der Waals surface area (Å²) in [5, 5.41) is 5.24. The second-order valence-corrected chi connectivity index (χ2v) is 29.7.